The van der Waals surface area contributed by atoms with Crippen molar-refractivity contribution in [3.63, 3.8) is 0 Å². The lowest BCUT2D eigenvalue weighted by molar-refractivity contribution is -0.0373. The van der Waals surface area contributed by atoms with E-state index >= 15 is 0 Å². The molecule has 0 saturated carbocycles. The molecule has 8 heteroatoms. The molecule has 4 rings (SSSR count). The number of tetrazole rings is 1. The third-order valence-electron chi connectivity index (χ3n) is 3.94. The predicted octanol–water partition coefficient (Wildman–Crippen LogP) is 1.75. The highest BCUT2D eigenvalue weighted by Gasteiger charge is 2.25. The average molecular weight is 342 g/mol. The summed E-state index contributed by atoms with van der Waals surface area (Å²) < 4.78 is 9.94. The van der Waals surface area contributed by atoms with Gasteiger partial charge in [0.05, 0.1) is 13.2 Å². The number of hydrogen-bond donors (Lipinski definition) is 0. The predicted molar refractivity (Wildman–Crippen MR) is 89.4 cm³/mol. The van der Waals surface area contributed by atoms with Gasteiger partial charge in [0.1, 0.15) is 6.10 Å². The van der Waals surface area contributed by atoms with Gasteiger partial charge in [0, 0.05) is 30.7 Å². The molecule has 24 heavy (non-hydrogen) atoms. The lowest BCUT2D eigenvalue weighted by Crippen LogP contribution is -2.38. The molecule has 1 aliphatic heterocycles. The lowest BCUT2D eigenvalue weighted by Gasteiger charge is -2.31. The number of ether oxygens (including phenoxy) is 1. The van der Waals surface area contributed by atoms with Crippen molar-refractivity contribution in [2.24, 2.45) is 0 Å². The van der Waals surface area contributed by atoms with E-state index in [-0.39, 0.29) is 6.10 Å². The number of nitrogens with zero attached hydrogens (tertiary/aromatic N) is 6. The molecule has 2 aromatic heterocycles. The monoisotopic (exact) mass is 342 g/mol. The van der Waals surface area contributed by atoms with E-state index in [1.165, 1.54) is 17.1 Å². The van der Waals surface area contributed by atoms with Gasteiger partial charge >= 0.3 is 0 Å². The molecule has 0 amide bonds. The minimum atomic E-state index is -0.127. The maximum absolute atomic E-state index is 5.85. The summed E-state index contributed by atoms with van der Waals surface area (Å²) in [6.07, 6.45) is 1.65. The van der Waals surface area contributed by atoms with E-state index in [4.69, 9.17) is 4.74 Å². The first-order valence-corrected chi connectivity index (χ1v) is 8.69. The number of rotatable bonds is 5. The Bertz CT molecular complexity index is 760. The average Bonchev–Trinajstić information content (AvgIpc) is 3.29. The topological polar surface area (TPSA) is 69.0 Å². The molecule has 124 valence electrons. The first kappa shape index (κ1) is 15.4. The second-order valence-electron chi connectivity index (χ2n) is 5.74. The fourth-order valence-electron chi connectivity index (χ4n) is 2.76. The van der Waals surface area contributed by atoms with Crippen molar-refractivity contribution < 1.29 is 4.74 Å². The summed E-state index contributed by atoms with van der Waals surface area (Å²) in [5.41, 5.74) is 1.31. The molecule has 0 N–H and O–H groups in total. The zero-order chi connectivity index (χ0) is 16.2. The third kappa shape index (κ3) is 3.66. The van der Waals surface area contributed by atoms with Crippen LogP contribution in [0.5, 0.6) is 0 Å². The maximum Gasteiger partial charge on any atom is 0.204 e. The molecule has 3 aromatic rings. The van der Waals surface area contributed by atoms with E-state index in [2.05, 4.69) is 48.9 Å². The van der Waals surface area contributed by atoms with Crippen LogP contribution < -0.4 is 0 Å². The van der Waals surface area contributed by atoms with Crippen LogP contribution in [0.2, 0.25) is 0 Å². The second kappa shape index (κ2) is 7.16. The van der Waals surface area contributed by atoms with Crippen molar-refractivity contribution in [2.45, 2.75) is 19.2 Å². The Morgan fingerprint density at radius 1 is 1.17 bits per heavy atom. The summed E-state index contributed by atoms with van der Waals surface area (Å²) in [6, 6.07) is 12.4. The van der Waals surface area contributed by atoms with E-state index < -0.39 is 0 Å². The van der Waals surface area contributed by atoms with Crippen LogP contribution in [-0.2, 0) is 17.8 Å². The Morgan fingerprint density at radius 2 is 2.08 bits per heavy atom. The van der Waals surface area contributed by atoms with Crippen LogP contribution in [0.3, 0.4) is 0 Å². The molecular weight excluding hydrogens is 324 g/mol. The Hall–Kier alpha value is -2.16. The fourth-order valence-corrected chi connectivity index (χ4v) is 3.31. The van der Waals surface area contributed by atoms with Gasteiger partial charge in [-0.15, -0.1) is 10.2 Å². The summed E-state index contributed by atoms with van der Waals surface area (Å²) in [6.45, 7) is 3.89. The van der Waals surface area contributed by atoms with E-state index in [1.54, 1.807) is 11.0 Å². The molecule has 0 spiro atoms. The molecule has 1 aliphatic rings. The normalized spacial score (nSPS) is 18.8. The van der Waals surface area contributed by atoms with Gasteiger partial charge in [0.2, 0.25) is 5.82 Å². The Balaban J connectivity index is 1.40. The fraction of sp³-hybridized carbons (Fsp3) is 0.375. The molecule has 1 saturated heterocycles. The summed E-state index contributed by atoms with van der Waals surface area (Å²) in [7, 11) is 0. The van der Waals surface area contributed by atoms with Crippen molar-refractivity contribution in [3.05, 3.63) is 58.9 Å². The lowest BCUT2D eigenvalue weighted by atomic mass is 10.2. The third-order valence-corrected chi connectivity index (χ3v) is 4.67. The molecule has 0 bridgehead atoms. The highest BCUT2D eigenvalue weighted by molar-refractivity contribution is 7.05. The highest BCUT2D eigenvalue weighted by atomic mass is 32.1. The first-order chi connectivity index (χ1) is 11.9. The number of benzene rings is 1. The van der Waals surface area contributed by atoms with Crippen molar-refractivity contribution in [1.29, 1.82) is 0 Å². The SMILES string of the molecule is c1ccc(CN2CCOC(c3nnn(Cc4ccns4)n3)C2)cc1. The summed E-state index contributed by atoms with van der Waals surface area (Å²) >= 11 is 1.45. The summed E-state index contributed by atoms with van der Waals surface area (Å²) in [4.78, 5) is 5.07. The minimum Gasteiger partial charge on any atom is -0.367 e. The van der Waals surface area contributed by atoms with Crippen molar-refractivity contribution >= 4 is 11.5 Å². The van der Waals surface area contributed by atoms with Crippen molar-refractivity contribution in [3.8, 4) is 0 Å². The molecule has 0 radical (unpaired) electrons. The van der Waals surface area contributed by atoms with E-state index in [1.807, 2.05) is 12.1 Å². The summed E-state index contributed by atoms with van der Waals surface area (Å²) in [5.74, 6) is 0.650. The highest BCUT2D eigenvalue weighted by Crippen LogP contribution is 2.20. The van der Waals surface area contributed by atoms with E-state index in [0.29, 0.717) is 19.0 Å². The Labute approximate surface area is 144 Å². The van der Waals surface area contributed by atoms with E-state index in [0.717, 1.165) is 24.5 Å². The second-order valence-corrected chi connectivity index (χ2v) is 6.65. The molecule has 0 aliphatic carbocycles. The zero-order valence-electron chi connectivity index (χ0n) is 13.2. The number of hydrogen-bond acceptors (Lipinski definition) is 7. The van der Waals surface area contributed by atoms with Gasteiger partial charge in [0.25, 0.3) is 0 Å². The molecule has 7 nitrogen and oxygen atoms in total. The van der Waals surface area contributed by atoms with Gasteiger partial charge in [-0.1, -0.05) is 30.3 Å². The molecule has 3 heterocycles. The first-order valence-electron chi connectivity index (χ1n) is 7.92. The van der Waals surface area contributed by atoms with Crippen LogP contribution in [0.15, 0.2) is 42.6 Å². The molecule has 1 fully saturated rings. The van der Waals surface area contributed by atoms with E-state index in [9.17, 15) is 0 Å². The molecular formula is C16H18N6OS. The van der Waals surface area contributed by atoms with Gasteiger partial charge in [0.15, 0.2) is 0 Å². The van der Waals surface area contributed by atoms with Crippen LogP contribution >= 0.6 is 11.5 Å². The van der Waals surface area contributed by atoms with Crippen molar-refractivity contribution in [1.82, 2.24) is 29.5 Å². The van der Waals surface area contributed by atoms with Crippen LogP contribution in [0.25, 0.3) is 0 Å². The van der Waals surface area contributed by atoms with Crippen molar-refractivity contribution in [2.75, 3.05) is 19.7 Å². The zero-order valence-corrected chi connectivity index (χ0v) is 14.0. The van der Waals surface area contributed by atoms with Gasteiger partial charge in [-0.25, -0.2) is 4.37 Å². The standard InChI is InChI=1S/C16H18N6OS/c1-2-4-13(5-3-1)10-21-8-9-23-15(12-21)16-18-20-22(19-16)11-14-6-7-17-24-14/h1-7,15H,8-12H2. The van der Waals surface area contributed by atoms with Gasteiger partial charge in [-0.05, 0) is 28.4 Å². The van der Waals surface area contributed by atoms with Crippen LogP contribution in [0.1, 0.15) is 22.4 Å². The van der Waals surface area contributed by atoms with Crippen LogP contribution in [0, 0.1) is 0 Å². The molecule has 1 unspecified atom stereocenters. The van der Waals surface area contributed by atoms with Crippen LogP contribution in [0.4, 0.5) is 0 Å². The quantitative estimate of drug-likeness (QED) is 0.704. The Morgan fingerprint density at radius 3 is 2.92 bits per heavy atom. The van der Waals surface area contributed by atoms with Crippen LogP contribution in [-0.4, -0.2) is 49.2 Å². The van der Waals surface area contributed by atoms with Gasteiger partial charge in [-0.2, -0.15) is 4.80 Å². The number of aromatic nitrogens is 5. The number of morpholine rings is 1. The van der Waals surface area contributed by atoms with Gasteiger partial charge < -0.3 is 4.74 Å². The molecule has 1 aromatic carbocycles. The smallest absolute Gasteiger partial charge is 0.204 e. The Kier molecular flexibility index (Phi) is 4.59. The molecule has 1 atom stereocenters. The van der Waals surface area contributed by atoms with Gasteiger partial charge in [-0.3, -0.25) is 4.90 Å². The minimum absolute atomic E-state index is 0.127. The maximum atomic E-state index is 5.85. The largest absolute Gasteiger partial charge is 0.367 e. The summed E-state index contributed by atoms with van der Waals surface area (Å²) in [5, 5.41) is 12.8.